The van der Waals surface area contributed by atoms with Gasteiger partial charge in [-0.1, -0.05) is 6.92 Å². The topological polar surface area (TPSA) is 51.0 Å². The number of hydrogen-bond donors (Lipinski definition) is 1. The molecular weight excluding hydrogens is 286 g/mol. The van der Waals surface area contributed by atoms with E-state index in [1.807, 2.05) is 11.6 Å². The second kappa shape index (κ2) is 5.90. The molecule has 1 N–H and O–H groups in total. The number of imidazole rings is 1. The molecule has 3 heterocycles. The maximum absolute atomic E-state index is 5.92. The van der Waals surface area contributed by atoms with Crippen molar-refractivity contribution in [3.8, 4) is 0 Å². The lowest BCUT2D eigenvalue weighted by Crippen LogP contribution is -2.44. The fourth-order valence-corrected chi connectivity index (χ4v) is 3.30. The predicted octanol–water partition coefficient (Wildman–Crippen LogP) is 1.94. The summed E-state index contributed by atoms with van der Waals surface area (Å²) in [5.41, 5.74) is 3.12. The summed E-state index contributed by atoms with van der Waals surface area (Å²) in [6.45, 7) is 11.8. The summed E-state index contributed by atoms with van der Waals surface area (Å²) in [6.07, 6.45) is 0.185. The Morgan fingerprint density at radius 2 is 2.19 bits per heavy atom. The Morgan fingerprint density at radius 1 is 1.38 bits per heavy atom. The van der Waals surface area contributed by atoms with Crippen LogP contribution < -0.4 is 0 Å². The third-order valence-electron chi connectivity index (χ3n) is 4.19. The number of aryl methyl sites for hydroxylation is 2. The van der Waals surface area contributed by atoms with Crippen molar-refractivity contribution in [2.75, 3.05) is 26.2 Å². The maximum Gasteiger partial charge on any atom is 0.179 e. The molecule has 0 saturated carbocycles. The van der Waals surface area contributed by atoms with E-state index in [1.165, 1.54) is 0 Å². The number of ether oxygens (including phenoxy) is 1. The van der Waals surface area contributed by atoms with Crippen LogP contribution in [-0.4, -0.2) is 56.6 Å². The molecule has 116 valence electrons. The molecule has 1 saturated heterocycles. The summed E-state index contributed by atoms with van der Waals surface area (Å²) in [5, 5.41) is 4.56. The van der Waals surface area contributed by atoms with Crippen LogP contribution in [0.4, 0.5) is 0 Å². The van der Waals surface area contributed by atoms with Gasteiger partial charge in [0.05, 0.1) is 24.9 Å². The van der Waals surface area contributed by atoms with Gasteiger partial charge in [-0.05, 0) is 32.6 Å². The molecule has 1 fully saturated rings. The van der Waals surface area contributed by atoms with Crippen LogP contribution >= 0.6 is 12.2 Å². The lowest BCUT2D eigenvalue weighted by atomic mass is 10.2. The standard InChI is InChI=1S/C14H23N5OS/c1-4-17-6-7-20-11(8-17)9-18-13-12(15-14(18)21)10(3)16-19(13)5-2/h11H,4-9H2,1-3H3,(H,15,21). The van der Waals surface area contributed by atoms with E-state index in [0.29, 0.717) is 0 Å². The lowest BCUT2D eigenvalue weighted by Gasteiger charge is -2.32. The molecule has 1 atom stereocenters. The molecule has 0 aliphatic carbocycles. The minimum absolute atomic E-state index is 0.185. The van der Waals surface area contributed by atoms with Gasteiger partial charge in [0.25, 0.3) is 0 Å². The first-order valence-electron chi connectivity index (χ1n) is 7.63. The number of nitrogens with one attached hydrogen (secondary N) is 1. The first-order chi connectivity index (χ1) is 10.1. The number of H-pyrrole nitrogens is 1. The summed E-state index contributed by atoms with van der Waals surface area (Å²) >= 11 is 5.50. The van der Waals surface area contributed by atoms with E-state index >= 15 is 0 Å². The van der Waals surface area contributed by atoms with E-state index in [9.17, 15) is 0 Å². The van der Waals surface area contributed by atoms with Crippen molar-refractivity contribution in [1.29, 1.82) is 0 Å². The molecular formula is C14H23N5OS. The van der Waals surface area contributed by atoms with Gasteiger partial charge in [-0.3, -0.25) is 9.47 Å². The first kappa shape index (κ1) is 14.7. The van der Waals surface area contributed by atoms with Gasteiger partial charge in [-0.15, -0.1) is 0 Å². The summed E-state index contributed by atoms with van der Waals surface area (Å²) < 4.78 is 10.8. The Morgan fingerprint density at radius 3 is 2.90 bits per heavy atom. The van der Waals surface area contributed by atoms with Crippen molar-refractivity contribution in [2.24, 2.45) is 0 Å². The Balaban J connectivity index is 1.93. The number of fused-ring (bicyclic) bond motifs is 1. The predicted molar refractivity (Wildman–Crippen MR) is 85.2 cm³/mol. The van der Waals surface area contributed by atoms with E-state index < -0.39 is 0 Å². The molecule has 2 aromatic rings. The van der Waals surface area contributed by atoms with Crippen molar-refractivity contribution < 1.29 is 4.74 Å². The van der Waals surface area contributed by atoms with Crippen LogP contribution in [0.5, 0.6) is 0 Å². The second-order valence-corrected chi connectivity index (χ2v) is 5.91. The number of morpholine rings is 1. The Hall–Kier alpha value is -1.18. The molecule has 0 spiro atoms. The van der Waals surface area contributed by atoms with Crippen LogP contribution in [0.3, 0.4) is 0 Å². The van der Waals surface area contributed by atoms with Crippen molar-refractivity contribution in [3.63, 3.8) is 0 Å². The zero-order chi connectivity index (χ0) is 15.0. The van der Waals surface area contributed by atoms with Gasteiger partial charge in [0.15, 0.2) is 10.4 Å². The van der Waals surface area contributed by atoms with Crippen LogP contribution in [0.1, 0.15) is 19.5 Å². The maximum atomic E-state index is 5.92. The zero-order valence-electron chi connectivity index (χ0n) is 12.9. The molecule has 6 nitrogen and oxygen atoms in total. The van der Waals surface area contributed by atoms with Gasteiger partial charge in [0, 0.05) is 19.6 Å². The normalized spacial score (nSPS) is 20.4. The molecule has 2 aromatic heterocycles. The molecule has 0 amide bonds. The SMILES string of the molecule is CCN1CCOC(Cn2c(=S)[nH]c3c(C)nn(CC)c32)C1. The number of nitrogens with zero attached hydrogens (tertiary/aromatic N) is 4. The van der Waals surface area contributed by atoms with Crippen LogP contribution in [0, 0.1) is 11.7 Å². The van der Waals surface area contributed by atoms with Crippen LogP contribution in [0.15, 0.2) is 0 Å². The molecule has 7 heteroatoms. The number of rotatable bonds is 4. The van der Waals surface area contributed by atoms with Crippen molar-refractivity contribution in [1.82, 2.24) is 24.2 Å². The van der Waals surface area contributed by atoms with Crippen molar-refractivity contribution >= 4 is 23.4 Å². The van der Waals surface area contributed by atoms with E-state index in [-0.39, 0.29) is 6.10 Å². The largest absolute Gasteiger partial charge is 0.374 e. The first-order valence-corrected chi connectivity index (χ1v) is 8.04. The molecule has 3 rings (SSSR count). The molecule has 0 radical (unpaired) electrons. The van der Waals surface area contributed by atoms with Gasteiger partial charge in [-0.25, -0.2) is 4.68 Å². The quantitative estimate of drug-likeness (QED) is 0.877. The minimum atomic E-state index is 0.185. The molecule has 0 bridgehead atoms. The average Bonchev–Trinajstić information content (AvgIpc) is 2.97. The number of likely N-dealkylation sites (N-methyl/N-ethyl adjacent to an activating group) is 1. The highest BCUT2D eigenvalue weighted by molar-refractivity contribution is 7.71. The summed E-state index contributed by atoms with van der Waals surface area (Å²) in [4.78, 5) is 5.71. The molecule has 1 aliphatic rings. The van der Waals surface area contributed by atoms with E-state index in [0.717, 1.165) is 61.0 Å². The average molecular weight is 309 g/mol. The van der Waals surface area contributed by atoms with Gasteiger partial charge in [-0.2, -0.15) is 5.10 Å². The highest BCUT2D eigenvalue weighted by Gasteiger charge is 2.22. The van der Waals surface area contributed by atoms with Crippen LogP contribution in [0.2, 0.25) is 0 Å². The van der Waals surface area contributed by atoms with Gasteiger partial charge in [0.1, 0.15) is 5.52 Å². The Kier molecular flexibility index (Phi) is 4.14. The summed E-state index contributed by atoms with van der Waals surface area (Å²) in [7, 11) is 0. The van der Waals surface area contributed by atoms with Crippen molar-refractivity contribution in [3.05, 3.63) is 10.5 Å². The van der Waals surface area contributed by atoms with Crippen LogP contribution in [-0.2, 0) is 17.8 Å². The van der Waals surface area contributed by atoms with Gasteiger partial charge >= 0.3 is 0 Å². The Bertz CT molecular complexity index is 685. The molecule has 1 unspecified atom stereocenters. The molecule has 21 heavy (non-hydrogen) atoms. The molecule has 0 aromatic carbocycles. The fourth-order valence-electron chi connectivity index (χ4n) is 3.03. The van der Waals surface area contributed by atoms with E-state index in [1.54, 1.807) is 0 Å². The highest BCUT2D eigenvalue weighted by Crippen LogP contribution is 2.19. The van der Waals surface area contributed by atoms with Crippen LogP contribution in [0.25, 0.3) is 11.2 Å². The number of aromatic nitrogens is 4. The Labute approximate surface area is 129 Å². The third-order valence-corrected chi connectivity index (χ3v) is 4.51. The lowest BCUT2D eigenvalue weighted by molar-refractivity contribution is -0.0340. The van der Waals surface area contributed by atoms with Gasteiger partial charge < -0.3 is 9.72 Å². The fraction of sp³-hybridized carbons (Fsp3) is 0.714. The minimum Gasteiger partial charge on any atom is -0.374 e. The second-order valence-electron chi connectivity index (χ2n) is 5.53. The summed E-state index contributed by atoms with van der Waals surface area (Å²) in [6, 6.07) is 0. The highest BCUT2D eigenvalue weighted by atomic mass is 32.1. The number of hydrogen-bond acceptors (Lipinski definition) is 4. The zero-order valence-corrected chi connectivity index (χ0v) is 13.7. The van der Waals surface area contributed by atoms with E-state index in [2.05, 4.69) is 33.4 Å². The number of aromatic amines is 1. The monoisotopic (exact) mass is 309 g/mol. The van der Waals surface area contributed by atoms with Gasteiger partial charge in [0.2, 0.25) is 0 Å². The van der Waals surface area contributed by atoms with E-state index in [4.69, 9.17) is 17.0 Å². The third kappa shape index (κ3) is 2.65. The smallest absolute Gasteiger partial charge is 0.179 e. The summed E-state index contributed by atoms with van der Waals surface area (Å²) in [5.74, 6) is 0. The molecule has 1 aliphatic heterocycles. The van der Waals surface area contributed by atoms with Crippen molar-refractivity contribution in [2.45, 2.75) is 40.0 Å².